The van der Waals surface area contributed by atoms with Crippen molar-refractivity contribution in [1.29, 1.82) is 0 Å². The number of methoxy groups -OCH3 is 1. The van der Waals surface area contributed by atoms with Gasteiger partial charge >= 0.3 is 0 Å². The molecule has 1 amide bonds. The molecule has 6 nitrogen and oxygen atoms in total. The maximum Gasteiger partial charge on any atom is 0.225 e. The van der Waals surface area contributed by atoms with Crippen LogP contribution in [0.2, 0.25) is 0 Å². The zero-order valence-corrected chi connectivity index (χ0v) is 19.1. The molecule has 2 fully saturated rings. The van der Waals surface area contributed by atoms with Crippen LogP contribution in [0, 0.1) is 12.8 Å². The molecule has 1 aliphatic heterocycles. The molecule has 1 saturated heterocycles. The van der Waals surface area contributed by atoms with Crippen molar-refractivity contribution in [2.24, 2.45) is 5.92 Å². The number of rotatable bonds is 6. The molecule has 2 aliphatic rings. The lowest BCUT2D eigenvalue weighted by Crippen LogP contribution is -2.41. The highest BCUT2D eigenvalue weighted by Gasteiger charge is 2.31. The first-order valence-corrected chi connectivity index (χ1v) is 11.6. The highest BCUT2D eigenvalue weighted by molar-refractivity contribution is 5.79. The summed E-state index contributed by atoms with van der Waals surface area (Å²) in [5.74, 6) is 3.35. The third-order valence-electron chi connectivity index (χ3n) is 6.62. The second kappa shape index (κ2) is 9.67. The Morgan fingerprint density at radius 1 is 1.06 bits per heavy atom. The number of aromatic nitrogens is 2. The van der Waals surface area contributed by atoms with E-state index in [0.29, 0.717) is 5.91 Å². The Bertz CT molecular complexity index is 908. The van der Waals surface area contributed by atoms with Crippen molar-refractivity contribution >= 4 is 11.7 Å². The summed E-state index contributed by atoms with van der Waals surface area (Å²) in [6.07, 6.45) is 5.98. The number of carbonyl (C=O) groups excluding carboxylic acids is 1. The highest BCUT2D eigenvalue weighted by Crippen LogP contribution is 2.30. The quantitative estimate of drug-likeness (QED) is 0.709. The van der Waals surface area contributed by atoms with E-state index in [1.54, 1.807) is 7.11 Å². The normalized spacial score (nSPS) is 17.3. The van der Waals surface area contributed by atoms with Crippen LogP contribution in [0.15, 0.2) is 24.3 Å². The van der Waals surface area contributed by atoms with Gasteiger partial charge in [0.1, 0.15) is 17.4 Å². The smallest absolute Gasteiger partial charge is 0.225 e. The summed E-state index contributed by atoms with van der Waals surface area (Å²) in [4.78, 5) is 26.9. The first-order valence-electron chi connectivity index (χ1n) is 11.6. The van der Waals surface area contributed by atoms with E-state index in [1.165, 1.54) is 17.5 Å². The number of ether oxygens (including phenoxy) is 1. The molecule has 31 heavy (non-hydrogen) atoms. The van der Waals surface area contributed by atoms with Gasteiger partial charge in [-0.3, -0.25) is 4.79 Å². The molecule has 0 unspecified atom stereocenters. The topological polar surface area (TPSA) is 58.6 Å². The third kappa shape index (κ3) is 4.83. The number of aryl methyl sites for hydroxylation is 2. The summed E-state index contributed by atoms with van der Waals surface area (Å²) in [6, 6.07) is 8.24. The van der Waals surface area contributed by atoms with Crippen molar-refractivity contribution in [1.82, 2.24) is 14.9 Å². The molecule has 166 valence electrons. The van der Waals surface area contributed by atoms with Crippen molar-refractivity contribution in [3.8, 4) is 5.75 Å². The maximum absolute atomic E-state index is 12.8. The fourth-order valence-corrected chi connectivity index (χ4v) is 4.58. The Morgan fingerprint density at radius 3 is 2.48 bits per heavy atom. The summed E-state index contributed by atoms with van der Waals surface area (Å²) in [7, 11) is 1.69. The van der Waals surface area contributed by atoms with Gasteiger partial charge in [0.2, 0.25) is 5.91 Å². The maximum atomic E-state index is 12.8. The molecule has 0 radical (unpaired) electrons. The lowest BCUT2D eigenvalue weighted by atomic mass is 9.84. The number of carbonyl (C=O) groups is 1. The van der Waals surface area contributed by atoms with Gasteiger partial charge in [0.05, 0.1) is 7.11 Å². The molecule has 1 saturated carbocycles. The summed E-state index contributed by atoms with van der Waals surface area (Å²) in [5, 5.41) is 0. The highest BCUT2D eigenvalue weighted by atomic mass is 16.5. The van der Waals surface area contributed by atoms with Crippen LogP contribution < -0.4 is 9.64 Å². The van der Waals surface area contributed by atoms with Crippen molar-refractivity contribution in [3.63, 3.8) is 0 Å². The molecule has 0 bridgehead atoms. The summed E-state index contributed by atoms with van der Waals surface area (Å²) < 4.78 is 5.31. The van der Waals surface area contributed by atoms with Crippen molar-refractivity contribution in [2.75, 3.05) is 38.2 Å². The van der Waals surface area contributed by atoms with E-state index in [9.17, 15) is 4.79 Å². The van der Waals surface area contributed by atoms with E-state index < -0.39 is 0 Å². The molecule has 0 N–H and O–H groups in total. The van der Waals surface area contributed by atoms with E-state index >= 15 is 0 Å². The Hall–Kier alpha value is -2.63. The van der Waals surface area contributed by atoms with Crippen LogP contribution in [-0.4, -0.2) is 54.1 Å². The number of nitrogens with zero attached hydrogens (tertiary/aromatic N) is 4. The van der Waals surface area contributed by atoms with Gasteiger partial charge in [0.25, 0.3) is 0 Å². The molecular formula is C25H34N4O2. The number of benzene rings is 1. The van der Waals surface area contributed by atoms with E-state index in [2.05, 4.69) is 28.9 Å². The monoisotopic (exact) mass is 422 g/mol. The van der Waals surface area contributed by atoms with Gasteiger partial charge in [-0.25, -0.2) is 9.97 Å². The lowest BCUT2D eigenvalue weighted by Gasteiger charge is -2.31. The average molecular weight is 423 g/mol. The number of hydrogen-bond acceptors (Lipinski definition) is 5. The second-order valence-corrected chi connectivity index (χ2v) is 8.69. The number of anilines is 1. The van der Waals surface area contributed by atoms with Gasteiger partial charge in [-0.1, -0.05) is 25.5 Å². The van der Waals surface area contributed by atoms with Crippen LogP contribution >= 0.6 is 0 Å². The fraction of sp³-hybridized carbons (Fsp3) is 0.560. The van der Waals surface area contributed by atoms with Gasteiger partial charge in [0.15, 0.2) is 0 Å². The molecule has 2 aromatic rings. The largest absolute Gasteiger partial charge is 0.497 e. The molecular weight excluding hydrogens is 388 g/mol. The molecule has 1 aromatic heterocycles. The van der Waals surface area contributed by atoms with Crippen LogP contribution in [0.25, 0.3) is 0 Å². The Labute approximate surface area is 185 Å². The summed E-state index contributed by atoms with van der Waals surface area (Å²) in [5.41, 5.74) is 3.54. The SMILES string of the molecule is CCc1nc(C)nc(N2CCCN(C(=O)C3CCC3)CC2)c1Cc1ccc(OC)cc1. The van der Waals surface area contributed by atoms with E-state index in [4.69, 9.17) is 14.7 Å². The average Bonchev–Trinajstić information content (AvgIpc) is 3.00. The van der Waals surface area contributed by atoms with Gasteiger partial charge in [-0.2, -0.15) is 0 Å². The molecule has 6 heteroatoms. The van der Waals surface area contributed by atoms with Crippen LogP contribution in [0.5, 0.6) is 5.75 Å². The van der Waals surface area contributed by atoms with Crippen LogP contribution in [0.3, 0.4) is 0 Å². The predicted octanol–water partition coefficient (Wildman–Crippen LogP) is 3.79. The molecule has 1 aromatic carbocycles. The first-order chi connectivity index (χ1) is 15.1. The standard InChI is InChI=1S/C25H34N4O2/c1-4-23-22(17-19-9-11-21(31-3)12-10-19)24(27-18(2)26-23)28-13-6-14-29(16-15-28)25(30)20-7-5-8-20/h9-12,20H,4-8,13-17H2,1-3H3. The Morgan fingerprint density at radius 2 is 1.84 bits per heavy atom. The van der Waals surface area contributed by atoms with Crippen LogP contribution in [-0.2, 0) is 17.6 Å². The minimum atomic E-state index is 0.269. The van der Waals surface area contributed by atoms with Gasteiger partial charge in [-0.05, 0) is 50.3 Å². The summed E-state index contributed by atoms with van der Waals surface area (Å²) in [6.45, 7) is 7.51. The van der Waals surface area contributed by atoms with Gasteiger partial charge in [-0.15, -0.1) is 0 Å². The van der Waals surface area contributed by atoms with Crippen molar-refractivity contribution in [2.45, 2.75) is 52.4 Å². The van der Waals surface area contributed by atoms with E-state index in [-0.39, 0.29) is 5.92 Å². The summed E-state index contributed by atoms with van der Waals surface area (Å²) >= 11 is 0. The zero-order chi connectivity index (χ0) is 21.8. The van der Waals surface area contributed by atoms with E-state index in [1.807, 2.05) is 19.1 Å². The minimum Gasteiger partial charge on any atom is -0.497 e. The van der Waals surface area contributed by atoms with Crippen molar-refractivity contribution < 1.29 is 9.53 Å². The molecule has 0 atom stereocenters. The van der Waals surface area contributed by atoms with Crippen LogP contribution in [0.4, 0.5) is 5.82 Å². The van der Waals surface area contributed by atoms with Gasteiger partial charge < -0.3 is 14.5 Å². The third-order valence-corrected chi connectivity index (χ3v) is 6.62. The van der Waals surface area contributed by atoms with Gasteiger partial charge in [0, 0.05) is 49.8 Å². The second-order valence-electron chi connectivity index (χ2n) is 8.69. The lowest BCUT2D eigenvalue weighted by molar-refractivity contribution is -0.137. The fourth-order valence-electron chi connectivity index (χ4n) is 4.58. The Kier molecular flexibility index (Phi) is 6.73. The molecule has 0 spiro atoms. The predicted molar refractivity (Wildman–Crippen MR) is 123 cm³/mol. The number of hydrogen-bond donors (Lipinski definition) is 0. The molecule has 1 aliphatic carbocycles. The molecule has 4 rings (SSSR count). The first kappa shape index (κ1) is 21.6. The van der Waals surface area contributed by atoms with Crippen LogP contribution in [0.1, 0.15) is 55.3 Å². The van der Waals surface area contributed by atoms with E-state index in [0.717, 1.165) is 81.4 Å². The Balaban J connectivity index is 1.57. The zero-order valence-electron chi connectivity index (χ0n) is 19.1. The number of amides is 1. The molecule has 2 heterocycles. The van der Waals surface area contributed by atoms with Crippen molar-refractivity contribution in [3.05, 3.63) is 46.9 Å². The minimum absolute atomic E-state index is 0.269.